The lowest BCUT2D eigenvalue weighted by molar-refractivity contribution is -0.147. The third-order valence-corrected chi connectivity index (χ3v) is 4.77. The van der Waals surface area contributed by atoms with Crippen LogP contribution in [0, 0.1) is 6.92 Å². The molecule has 1 saturated heterocycles. The number of amides is 1. The quantitative estimate of drug-likeness (QED) is 0.897. The number of carbonyl (C=O) groups excluding carboxylic acids is 1. The first-order valence-electron chi connectivity index (χ1n) is 6.09. The van der Waals surface area contributed by atoms with E-state index in [9.17, 15) is 9.59 Å². The summed E-state index contributed by atoms with van der Waals surface area (Å²) in [6, 6.07) is -0.630. The summed E-state index contributed by atoms with van der Waals surface area (Å²) in [7, 11) is 0. The van der Waals surface area contributed by atoms with Crippen molar-refractivity contribution in [3.05, 3.63) is 16.1 Å². The molecule has 7 heteroatoms. The minimum absolute atomic E-state index is 0.0816. The average Bonchev–Trinajstić information content (AvgIpc) is 2.97. The predicted octanol–water partition coefficient (Wildman–Crippen LogP) is 1.76. The van der Waals surface area contributed by atoms with Crippen LogP contribution >= 0.6 is 23.1 Å². The lowest BCUT2D eigenvalue weighted by Gasteiger charge is -2.21. The van der Waals surface area contributed by atoms with Crippen LogP contribution in [-0.2, 0) is 15.3 Å². The second-order valence-electron chi connectivity index (χ2n) is 4.43. The molecule has 0 spiro atoms. The van der Waals surface area contributed by atoms with Crippen molar-refractivity contribution in [2.24, 2.45) is 0 Å². The highest BCUT2D eigenvalue weighted by Crippen LogP contribution is 2.20. The van der Waals surface area contributed by atoms with E-state index in [1.165, 1.54) is 16.7 Å². The zero-order valence-corrected chi connectivity index (χ0v) is 12.3. The highest BCUT2D eigenvalue weighted by atomic mass is 32.2. The summed E-state index contributed by atoms with van der Waals surface area (Å²) in [5, 5.41) is 12.0. The number of aryl methyl sites for hydroxylation is 1. The number of carboxylic acid groups (broad SMARTS) is 1. The number of hydrogen-bond donors (Lipinski definition) is 1. The summed E-state index contributed by atoms with van der Waals surface area (Å²) in [6.45, 7) is 2.51. The van der Waals surface area contributed by atoms with Crippen LogP contribution in [0.1, 0.15) is 23.5 Å². The van der Waals surface area contributed by atoms with E-state index in [-0.39, 0.29) is 5.91 Å². The number of nitrogens with zero attached hydrogens (tertiary/aromatic N) is 2. The van der Waals surface area contributed by atoms with Crippen LogP contribution in [0.25, 0.3) is 0 Å². The molecular weight excluding hydrogens is 284 g/mol. The lowest BCUT2D eigenvalue weighted by atomic mass is 10.2. The minimum atomic E-state index is -0.897. The van der Waals surface area contributed by atoms with Crippen LogP contribution < -0.4 is 0 Å². The Bertz CT molecular complexity index is 475. The molecular formula is C12H16N2O3S2. The zero-order chi connectivity index (χ0) is 13.8. The second-order valence-corrected chi connectivity index (χ2v) is 6.48. The van der Waals surface area contributed by atoms with Gasteiger partial charge in [-0.1, -0.05) is 0 Å². The molecule has 0 saturated carbocycles. The van der Waals surface area contributed by atoms with Gasteiger partial charge < -0.3 is 10.0 Å². The summed E-state index contributed by atoms with van der Waals surface area (Å²) >= 11 is 3.08. The van der Waals surface area contributed by atoms with Crippen molar-refractivity contribution in [3.8, 4) is 0 Å². The highest BCUT2D eigenvalue weighted by Gasteiger charge is 2.33. The molecule has 1 fully saturated rings. The van der Waals surface area contributed by atoms with E-state index in [1.54, 1.807) is 11.3 Å². The second kappa shape index (κ2) is 6.38. The van der Waals surface area contributed by atoms with E-state index in [2.05, 4.69) is 4.98 Å². The maximum Gasteiger partial charge on any atom is 0.326 e. The Balaban J connectivity index is 1.79. The molecule has 19 heavy (non-hydrogen) atoms. The Morgan fingerprint density at radius 2 is 2.42 bits per heavy atom. The maximum absolute atomic E-state index is 12.0. The first-order chi connectivity index (χ1) is 9.08. The number of carboxylic acids is 1. The molecule has 5 nitrogen and oxygen atoms in total. The fourth-order valence-corrected chi connectivity index (χ4v) is 3.64. The minimum Gasteiger partial charge on any atom is -0.480 e. The highest BCUT2D eigenvalue weighted by molar-refractivity contribution is 7.99. The van der Waals surface area contributed by atoms with Crippen molar-refractivity contribution in [2.75, 3.05) is 12.3 Å². The van der Waals surface area contributed by atoms with Crippen molar-refractivity contribution in [1.29, 1.82) is 0 Å². The maximum atomic E-state index is 12.0. The Kier molecular flexibility index (Phi) is 4.81. The first-order valence-corrected chi connectivity index (χ1v) is 8.12. The Labute approximate surface area is 120 Å². The van der Waals surface area contributed by atoms with Crippen LogP contribution in [0.3, 0.4) is 0 Å². The van der Waals surface area contributed by atoms with Crippen LogP contribution in [0.15, 0.2) is 5.38 Å². The molecule has 0 aliphatic carbocycles. The van der Waals surface area contributed by atoms with Gasteiger partial charge in [-0.25, -0.2) is 9.78 Å². The molecule has 0 unspecified atom stereocenters. The van der Waals surface area contributed by atoms with Gasteiger partial charge in [0.25, 0.3) is 0 Å². The number of thioether (sulfide) groups is 1. The summed E-state index contributed by atoms with van der Waals surface area (Å²) in [5.74, 6) is 0.0370. The predicted molar refractivity (Wildman–Crippen MR) is 75.4 cm³/mol. The molecule has 1 N–H and O–H groups in total. The van der Waals surface area contributed by atoms with E-state index in [4.69, 9.17) is 5.11 Å². The Hall–Kier alpha value is -1.08. The number of aliphatic carboxylic acids is 1. The van der Waals surface area contributed by atoms with E-state index in [0.717, 1.165) is 17.1 Å². The number of aromatic nitrogens is 1. The van der Waals surface area contributed by atoms with Gasteiger partial charge in [0.1, 0.15) is 6.04 Å². The van der Waals surface area contributed by atoms with Crippen molar-refractivity contribution in [3.63, 3.8) is 0 Å². The number of likely N-dealkylation sites (tertiary alicyclic amines) is 1. The number of rotatable bonds is 5. The molecule has 1 aromatic rings. The van der Waals surface area contributed by atoms with Crippen LogP contribution in [-0.4, -0.2) is 45.2 Å². The summed E-state index contributed by atoms with van der Waals surface area (Å²) < 4.78 is 0. The van der Waals surface area contributed by atoms with Gasteiger partial charge in [0, 0.05) is 17.7 Å². The third-order valence-electron chi connectivity index (χ3n) is 3.00. The number of hydrogen-bond acceptors (Lipinski definition) is 5. The van der Waals surface area contributed by atoms with Gasteiger partial charge in [-0.05, 0) is 19.8 Å². The normalized spacial score (nSPS) is 18.8. The van der Waals surface area contributed by atoms with E-state index >= 15 is 0 Å². The van der Waals surface area contributed by atoms with Gasteiger partial charge in [0.05, 0.1) is 16.5 Å². The smallest absolute Gasteiger partial charge is 0.326 e. The molecule has 0 aromatic carbocycles. The fraction of sp³-hybridized carbons (Fsp3) is 0.583. The molecule has 104 valence electrons. The van der Waals surface area contributed by atoms with Gasteiger partial charge in [-0.2, -0.15) is 0 Å². The average molecular weight is 300 g/mol. The largest absolute Gasteiger partial charge is 0.480 e. The van der Waals surface area contributed by atoms with E-state index in [0.29, 0.717) is 24.5 Å². The molecule has 1 atom stereocenters. The Morgan fingerprint density at radius 3 is 3.05 bits per heavy atom. The molecule has 1 aromatic heterocycles. The van der Waals surface area contributed by atoms with Crippen molar-refractivity contribution in [1.82, 2.24) is 9.88 Å². The van der Waals surface area contributed by atoms with Gasteiger partial charge in [0.2, 0.25) is 5.91 Å². The third kappa shape index (κ3) is 3.70. The topological polar surface area (TPSA) is 70.5 Å². The van der Waals surface area contributed by atoms with Crippen molar-refractivity contribution in [2.45, 2.75) is 31.6 Å². The SMILES string of the molecule is Cc1nc(CSCC(=O)N2CCC[C@@H]2C(=O)O)cs1. The molecule has 2 rings (SSSR count). The van der Waals surface area contributed by atoms with Gasteiger partial charge in [-0.15, -0.1) is 23.1 Å². The molecule has 0 radical (unpaired) electrons. The fourth-order valence-electron chi connectivity index (χ4n) is 2.12. The lowest BCUT2D eigenvalue weighted by Crippen LogP contribution is -2.41. The van der Waals surface area contributed by atoms with Crippen molar-refractivity contribution < 1.29 is 14.7 Å². The van der Waals surface area contributed by atoms with E-state index < -0.39 is 12.0 Å². The van der Waals surface area contributed by atoms with Crippen LogP contribution in [0.5, 0.6) is 0 Å². The molecule has 1 aliphatic rings. The van der Waals surface area contributed by atoms with E-state index in [1.807, 2.05) is 12.3 Å². The van der Waals surface area contributed by atoms with Gasteiger partial charge in [0.15, 0.2) is 0 Å². The molecule has 1 aliphatic heterocycles. The van der Waals surface area contributed by atoms with Crippen LogP contribution in [0.4, 0.5) is 0 Å². The monoisotopic (exact) mass is 300 g/mol. The number of thiazole rings is 1. The van der Waals surface area contributed by atoms with Crippen molar-refractivity contribution >= 4 is 35.0 Å². The standard InChI is InChI=1S/C12H16N2O3S2/c1-8-13-9(6-19-8)5-18-7-11(15)14-4-2-3-10(14)12(16)17/h6,10H,2-5,7H2,1H3,(H,16,17)/t10-/m1/s1. The number of carbonyl (C=O) groups is 2. The molecule has 0 bridgehead atoms. The van der Waals surface area contributed by atoms with Gasteiger partial charge in [-0.3, -0.25) is 4.79 Å². The van der Waals surface area contributed by atoms with Crippen LogP contribution in [0.2, 0.25) is 0 Å². The summed E-state index contributed by atoms with van der Waals surface area (Å²) in [4.78, 5) is 28.8. The summed E-state index contributed by atoms with van der Waals surface area (Å²) in [5.41, 5.74) is 0.983. The molecule has 1 amide bonds. The zero-order valence-electron chi connectivity index (χ0n) is 10.7. The summed E-state index contributed by atoms with van der Waals surface area (Å²) in [6.07, 6.45) is 1.34. The Morgan fingerprint density at radius 1 is 1.63 bits per heavy atom. The first kappa shape index (κ1) is 14.3. The van der Waals surface area contributed by atoms with Gasteiger partial charge >= 0.3 is 5.97 Å². The molecule has 2 heterocycles.